The maximum atomic E-state index is 10.9. The van der Waals surface area contributed by atoms with Crippen LogP contribution in [0.4, 0.5) is 5.69 Å². The van der Waals surface area contributed by atoms with Crippen LogP contribution in [-0.4, -0.2) is 37.4 Å². The highest BCUT2D eigenvalue weighted by atomic mass is 35.5. The summed E-state index contributed by atoms with van der Waals surface area (Å²) in [6.07, 6.45) is 2.23. The van der Waals surface area contributed by atoms with Gasteiger partial charge in [0.15, 0.2) is 0 Å². The number of halogens is 1. The average molecular weight is 282 g/mol. The van der Waals surface area contributed by atoms with Crippen LogP contribution in [-0.2, 0) is 4.74 Å². The lowest BCUT2D eigenvalue weighted by atomic mass is 9.73. The Labute approximate surface area is 116 Å². The molecule has 1 spiro atoms. The predicted octanol–water partition coefficient (Wildman–Crippen LogP) is 2.66. The molecule has 0 aliphatic carbocycles. The molecule has 1 aromatic carbocycles. The van der Waals surface area contributed by atoms with E-state index in [2.05, 4.69) is 4.90 Å². The Bertz CT molecular complexity index is 503. The minimum Gasteiger partial charge on any atom is -0.478 e. The van der Waals surface area contributed by atoms with E-state index in [9.17, 15) is 4.79 Å². The van der Waals surface area contributed by atoms with Crippen LogP contribution >= 0.6 is 11.6 Å². The van der Waals surface area contributed by atoms with Crippen molar-refractivity contribution in [1.29, 1.82) is 0 Å². The van der Waals surface area contributed by atoms with Crippen molar-refractivity contribution >= 4 is 23.3 Å². The number of anilines is 1. The molecule has 2 fully saturated rings. The average Bonchev–Trinajstić information content (AvgIpc) is 2.36. The molecule has 0 amide bonds. The van der Waals surface area contributed by atoms with E-state index in [1.807, 2.05) is 6.07 Å². The number of carboxylic acid groups (broad SMARTS) is 1. The van der Waals surface area contributed by atoms with E-state index in [0.717, 1.165) is 44.8 Å². The minimum atomic E-state index is -0.985. The highest BCUT2D eigenvalue weighted by molar-refractivity contribution is 6.33. The van der Waals surface area contributed by atoms with Gasteiger partial charge in [0.25, 0.3) is 0 Å². The second-order valence-corrected chi connectivity index (χ2v) is 5.84. The van der Waals surface area contributed by atoms with E-state index in [0.29, 0.717) is 10.4 Å². The zero-order valence-corrected chi connectivity index (χ0v) is 11.3. The van der Waals surface area contributed by atoms with Gasteiger partial charge >= 0.3 is 5.97 Å². The first kappa shape index (κ1) is 12.8. The van der Waals surface area contributed by atoms with Gasteiger partial charge in [-0.3, -0.25) is 0 Å². The largest absolute Gasteiger partial charge is 0.478 e. The van der Waals surface area contributed by atoms with Crippen molar-refractivity contribution in [1.82, 2.24) is 0 Å². The minimum absolute atomic E-state index is 0.159. The number of nitrogens with zero attached hydrogens (tertiary/aromatic N) is 1. The van der Waals surface area contributed by atoms with Gasteiger partial charge in [-0.2, -0.15) is 0 Å². The molecule has 1 aromatic rings. The second kappa shape index (κ2) is 4.69. The van der Waals surface area contributed by atoms with Gasteiger partial charge in [-0.05, 0) is 31.0 Å². The predicted molar refractivity (Wildman–Crippen MR) is 73.1 cm³/mol. The number of carbonyl (C=O) groups is 1. The molecule has 2 saturated heterocycles. The van der Waals surface area contributed by atoms with Crippen molar-refractivity contribution in [2.24, 2.45) is 5.41 Å². The smallest absolute Gasteiger partial charge is 0.337 e. The summed E-state index contributed by atoms with van der Waals surface area (Å²) in [6.45, 7) is 3.73. The molecule has 0 saturated carbocycles. The number of ether oxygens (including phenoxy) is 1. The SMILES string of the molecule is O=C(O)c1ccc(N2CC3(CCOCC3)C2)cc1Cl. The Morgan fingerprint density at radius 3 is 2.58 bits per heavy atom. The van der Waals surface area contributed by atoms with Crippen LogP contribution in [0.3, 0.4) is 0 Å². The summed E-state index contributed by atoms with van der Waals surface area (Å²) < 4.78 is 5.40. The van der Waals surface area contributed by atoms with Crippen molar-refractivity contribution in [3.05, 3.63) is 28.8 Å². The first-order valence-corrected chi connectivity index (χ1v) is 6.83. The second-order valence-electron chi connectivity index (χ2n) is 5.44. The zero-order valence-electron chi connectivity index (χ0n) is 10.6. The first-order valence-electron chi connectivity index (χ1n) is 6.45. The van der Waals surface area contributed by atoms with Crippen molar-refractivity contribution in [3.8, 4) is 0 Å². The van der Waals surface area contributed by atoms with Crippen LogP contribution in [0.2, 0.25) is 5.02 Å². The molecule has 0 radical (unpaired) electrons. The molecule has 3 rings (SSSR count). The molecule has 0 atom stereocenters. The fourth-order valence-corrected chi connectivity index (χ4v) is 3.20. The molecular formula is C14H16ClNO3. The lowest BCUT2D eigenvalue weighted by Crippen LogP contribution is -2.58. The maximum absolute atomic E-state index is 10.9. The van der Waals surface area contributed by atoms with Crippen molar-refractivity contribution in [2.75, 3.05) is 31.2 Å². The standard InChI is InChI=1S/C14H16ClNO3/c15-12-7-10(1-2-11(12)13(17)18)16-8-14(9-16)3-5-19-6-4-14/h1-2,7H,3-6,8-9H2,(H,17,18). The van der Waals surface area contributed by atoms with Gasteiger partial charge < -0.3 is 14.7 Å². The fraction of sp³-hybridized carbons (Fsp3) is 0.500. The van der Waals surface area contributed by atoms with Crippen LogP contribution in [0.1, 0.15) is 23.2 Å². The Morgan fingerprint density at radius 2 is 2.00 bits per heavy atom. The van der Waals surface area contributed by atoms with Gasteiger partial charge in [-0.1, -0.05) is 11.6 Å². The van der Waals surface area contributed by atoms with Crippen LogP contribution in [0.25, 0.3) is 0 Å². The monoisotopic (exact) mass is 281 g/mol. The molecule has 2 heterocycles. The molecule has 2 aliphatic rings. The van der Waals surface area contributed by atoms with Crippen molar-refractivity contribution < 1.29 is 14.6 Å². The highest BCUT2D eigenvalue weighted by Crippen LogP contribution is 2.42. The third kappa shape index (κ3) is 2.30. The quantitative estimate of drug-likeness (QED) is 0.905. The summed E-state index contributed by atoms with van der Waals surface area (Å²) in [4.78, 5) is 13.2. The van der Waals surface area contributed by atoms with E-state index in [4.69, 9.17) is 21.4 Å². The molecule has 102 valence electrons. The Kier molecular flexibility index (Phi) is 3.15. The van der Waals surface area contributed by atoms with Crippen LogP contribution in [0.15, 0.2) is 18.2 Å². The molecule has 0 bridgehead atoms. The van der Waals surface area contributed by atoms with E-state index in [1.54, 1.807) is 12.1 Å². The maximum Gasteiger partial charge on any atom is 0.337 e. The summed E-state index contributed by atoms with van der Waals surface area (Å²) in [5, 5.41) is 9.26. The van der Waals surface area contributed by atoms with Crippen molar-refractivity contribution in [2.45, 2.75) is 12.8 Å². The summed E-state index contributed by atoms with van der Waals surface area (Å²) >= 11 is 6.00. The number of aromatic carboxylic acids is 1. The lowest BCUT2D eigenvalue weighted by molar-refractivity contribution is -0.000197. The molecule has 19 heavy (non-hydrogen) atoms. The molecule has 2 aliphatic heterocycles. The molecular weight excluding hydrogens is 266 g/mol. The number of hydrogen-bond acceptors (Lipinski definition) is 3. The van der Waals surface area contributed by atoms with E-state index in [-0.39, 0.29) is 5.56 Å². The Hall–Kier alpha value is -1.26. The van der Waals surface area contributed by atoms with E-state index in [1.165, 1.54) is 0 Å². The summed E-state index contributed by atoms with van der Waals surface area (Å²) in [7, 11) is 0. The van der Waals surface area contributed by atoms with E-state index >= 15 is 0 Å². The zero-order chi connectivity index (χ0) is 13.5. The number of carboxylic acids is 1. The van der Waals surface area contributed by atoms with Gasteiger partial charge in [-0.25, -0.2) is 4.79 Å². The first-order chi connectivity index (χ1) is 9.10. The molecule has 0 unspecified atom stereocenters. The number of hydrogen-bond donors (Lipinski definition) is 1. The Balaban J connectivity index is 1.71. The van der Waals surface area contributed by atoms with Gasteiger partial charge in [0, 0.05) is 37.4 Å². The summed E-state index contributed by atoms with van der Waals surface area (Å²) in [5.74, 6) is -0.985. The van der Waals surface area contributed by atoms with Gasteiger partial charge in [0.2, 0.25) is 0 Å². The lowest BCUT2D eigenvalue weighted by Gasteiger charge is -2.53. The van der Waals surface area contributed by atoms with Crippen molar-refractivity contribution in [3.63, 3.8) is 0 Å². The topological polar surface area (TPSA) is 49.8 Å². The number of rotatable bonds is 2. The fourth-order valence-electron chi connectivity index (χ4n) is 2.94. The molecule has 5 heteroatoms. The third-order valence-corrected chi connectivity index (χ3v) is 4.47. The normalized spacial score (nSPS) is 21.2. The van der Waals surface area contributed by atoms with Crippen LogP contribution < -0.4 is 4.90 Å². The van der Waals surface area contributed by atoms with Gasteiger partial charge in [-0.15, -0.1) is 0 Å². The van der Waals surface area contributed by atoms with Crippen LogP contribution in [0, 0.1) is 5.41 Å². The van der Waals surface area contributed by atoms with Gasteiger partial charge in [0.1, 0.15) is 0 Å². The number of benzene rings is 1. The molecule has 4 nitrogen and oxygen atoms in total. The van der Waals surface area contributed by atoms with E-state index < -0.39 is 5.97 Å². The summed E-state index contributed by atoms with van der Waals surface area (Å²) in [5.41, 5.74) is 1.56. The molecule has 0 aromatic heterocycles. The Morgan fingerprint density at radius 1 is 1.32 bits per heavy atom. The highest BCUT2D eigenvalue weighted by Gasteiger charge is 2.43. The van der Waals surface area contributed by atoms with Gasteiger partial charge in [0.05, 0.1) is 10.6 Å². The van der Waals surface area contributed by atoms with Crippen LogP contribution in [0.5, 0.6) is 0 Å². The molecule has 1 N–H and O–H groups in total. The summed E-state index contributed by atoms with van der Waals surface area (Å²) in [6, 6.07) is 5.16. The third-order valence-electron chi connectivity index (χ3n) is 4.15.